The molecule has 6 nitrogen and oxygen atoms in total. The third-order valence-electron chi connectivity index (χ3n) is 2.97. The summed E-state index contributed by atoms with van der Waals surface area (Å²) in [4.78, 5) is 4.19. The molecule has 3 heterocycles. The van der Waals surface area contributed by atoms with Crippen LogP contribution in [0.4, 0.5) is 0 Å². The minimum absolute atomic E-state index is 0.352. The van der Waals surface area contributed by atoms with Crippen molar-refractivity contribution in [1.29, 1.82) is 0 Å². The summed E-state index contributed by atoms with van der Waals surface area (Å²) < 4.78 is 19.1. The molecule has 0 atom stereocenters. The van der Waals surface area contributed by atoms with E-state index in [1.165, 1.54) is 0 Å². The van der Waals surface area contributed by atoms with Gasteiger partial charge in [0.05, 0.1) is 32.6 Å². The van der Waals surface area contributed by atoms with Crippen LogP contribution in [0.15, 0.2) is 22.8 Å². The number of halogens is 1. The minimum atomic E-state index is 0.352. The number of pyridine rings is 1. The fraction of sp³-hybridized carbons (Fsp3) is 0.385. The van der Waals surface area contributed by atoms with Crippen molar-refractivity contribution >= 4 is 15.9 Å². The largest absolute Gasteiger partial charge is 0.491 e. The van der Waals surface area contributed by atoms with Gasteiger partial charge in [-0.1, -0.05) is 0 Å². The molecule has 1 aliphatic rings. The first kappa shape index (κ1) is 13.4. The molecule has 0 bridgehead atoms. The molecule has 7 heteroatoms. The van der Waals surface area contributed by atoms with Crippen LogP contribution in [0, 0.1) is 0 Å². The molecule has 0 N–H and O–H groups in total. The Morgan fingerprint density at radius 3 is 3.15 bits per heavy atom. The van der Waals surface area contributed by atoms with Crippen molar-refractivity contribution in [3.63, 3.8) is 0 Å². The topological polar surface area (TPSA) is 58.4 Å². The maximum Gasteiger partial charge on any atom is 0.257 e. The van der Waals surface area contributed by atoms with Crippen LogP contribution in [0.2, 0.25) is 0 Å². The number of ether oxygens (including phenoxy) is 3. The van der Waals surface area contributed by atoms with Crippen LogP contribution in [-0.2, 0) is 24.5 Å². The highest BCUT2D eigenvalue weighted by molar-refractivity contribution is 9.10. The van der Waals surface area contributed by atoms with Gasteiger partial charge < -0.3 is 14.2 Å². The van der Waals surface area contributed by atoms with E-state index >= 15 is 0 Å². The smallest absolute Gasteiger partial charge is 0.257 e. The molecule has 0 fully saturated rings. The summed E-state index contributed by atoms with van der Waals surface area (Å²) in [7, 11) is 1.59. The van der Waals surface area contributed by atoms with Gasteiger partial charge in [-0.2, -0.15) is 5.10 Å². The number of rotatable bonds is 4. The number of hydrogen-bond donors (Lipinski definition) is 0. The van der Waals surface area contributed by atoms with E-state index in [0.717, 1.165) is 22.4 Å². The summed E-state index contributed by atoms with van der Waals surface area (Å²) in [5, 5.41) is 4.47. The predicted molar refractivity (Wildman–Crippen MR) is 74.7 cm³/mol. The third-order valence-corrected chi connectivity index (χ3v) is 3.41. The second kappa shape index (κ2) is 5.80. The van der Waals surface area contributed by atoms with E-state index in [1.54, 1.807) is 13.3 Å². The Balaban J connectivity index is 1.71. The second-order valence-electron chi connectivity index (χ2n) is 4.35. The summed E-state index contributed by atoms with van der Waals surface area (Å²) >= 11 is 3.34. The zero-order chi connectivity index (χ0) is 13.9. The second-order valence-corrected chi connectivity index (χ2v) is 5.27. The average Bonchev–Trinajstić information content (AvgIpc) is 2.88. The van der Waals surface area contributed by atoms with Gasteiger partial charge in [0, 0.05) is 16.7 Å². The fourth-order valence-corrected chi connectivity index (χ4v) is 2.34. The quantitative estimate of drug-likeness (QED) is 0.854. The van der Waals surface area contributed by atoms with Gasteiger partial charge in [-0.15, -0.1) is 0 Å². The minimum Gasteiger partial charge on any atom is -0.491 e. The zero-order valence-electron chi connectivity index (χ0n) is 11.0. The summed E-state index contributed by atoms with van der Waals surface area (Å²) in [5.41, 5.74) is 1.93. The van der Waals surface area contributed by atoms with Crippen molar-refractivity contribution in [2.75, 3.05) is 13.7 Å². The van der Waals surface area contributed by atoms with Crippen LogP contribution in [-0.4, -0.2) is 28.5 Å². The van der Waals surface area contributed by atoms with E-state index in [9.17, 15) is 0 Å². The van der Waals surface area contributed by atoms with Crippen molar-refractivity contribution in [3.05, 3.63) is 34.2 Å². The molecular weight excluding hydrogens is 326 g/mol. The molecule has 2 aromatic heterocycles. The summed E-state index contributed by atoms with van der Waals surface area (Å²) in [5.74, 6) is 1.05. The maximum atomic E-state index is 5.67. The molecule has 0 spiro atoms. The lowest BCUT2D eigenvalue weighted by Crippen LogP contribution is -2.17. The number of hydrogen-bond acceptors (Lipinski definition) is 5. The van der Waals surface area contributed by atoms with E-state index < -0.39 is 0 Å². The predicted octanol–water partition coefficient (Wildman–Crippen LogP) is 2.16. The highest BCUT2D eigenvalue weighted by atomic mass is 79.9. The van der Waals surface area contributed by atoms with Crippen molar-refractivity contribution in [1.82, 2.24) is 14.8 Å². The van der Waals surface area contributed by atoms with Gasteiger partial charge in [-0.3, -0.25) is 4.68 Å². The van der Waals surface area contributed by atoms with Crippen LogP contribution in [0.1, 0.15) is 11.4 Å². The molecular formula is C13H14BrN3O3. The van der Waals surface area contributed by atoms with Gasteiger partial charge >= 0.3 is 0 Å². The monoisotopic (exact) mass is 339 g/mol. The molecule has 106 valence electrons. The van der Waals surface area contributed by atoms with Gasteiger partial charge in [-0.05, 0) is 22.0 Å². The van der Waals surface area contributed by atoms with Crippen LogP contribution >= 0.6 is 15.9 Å². The van der Waals surface area contributed by atoms with E-state index in [2.05, 4.69) is 26.0 Å². The first-order valence-corrected chi connectivity index (χ1v) is 7.01. The van der Waals surface area contributed by atoms with Crippen molar-refractivity contribution in [2.24, 2.45) is 0 Å². The van der Waals surface area contributed by atoms with E-state index in [4.69, 9.17) is 14.2 Å². The van der Waals surface area contributed by atoms with Crippen LogP contribution in [0.3, 0.4) is 0 Å². The van der Waals surface area contributed by atoms with Crippen LogP contribution in [0.5, 0.6) is 11.6 Å². The molecule has 0 saturated heterocycles. The molecule has 1 aliphatic heterocycles. The molecule has 0 radical (unpaired) electrons. The third kappa shape index (κ3) is 2.78. The van der Waals surface area contributed by atoms with Gasteiger partial charge in [0.2, 0.25) is 0 Å². The highest BCUT2D eigenvalue weighted by Gasteiger charge is 2.14. The Morgan fingerprint density at radius 1 is 1.45 bits per heavy atom. The number of nitrogens with zero attached hydrogens (tertiary/aromatic N) is 3. The van der Waals surface area contributed by atoms with Gasteiger partial charge in [0.15, 0.2) is 5.75 Å². The molecule has 0 saturated carbocycles. The Hall–Kier alpha value is -1.60. The van der Waals surface area contributed by atoms with Crippen LogP contribution in [0.25, 0.3) is 0 Å². The Morgan fingerprint density at radius 2 is 2.35 bits per heavy atom. The number of fused-ring (bicyclic) bond motifs is 1. The maximum absolute atomic E-state index is 5.67. The first-order chi connectivity index (χ1) is 9.76. The van der Waals surface area contributed by atoms with Gasteiger partial charge in [-0.25, -0.2) is 4.98 Å². The highest BCUT2D eigenvalue weighted by Crippen LogP contribution is 2.27. The molecule has 0 aromatic carbocycles. The Labute approximate surface area is 124 Å². The standard InChI is InChI=1S/C13H14BrN3O3/c1-18-12-4-9(14)6-15-13(12)20-7-10-5-11-8-19-3-2-17(11)16-10/h4-6H,2-3,7-8H2,1H3. The number of aromatic nitrogens is 3. The molecule has 2 aromatic rings. The SMILES string of the molecule is COc1cc(Br)cnc1OCc1cc2n(n1)CCOC2. The van der Waals surface area contributed by atoms with E-state index in [1.807, 2.05) is 16.8 Å². The van der Waals surface area contributed by atoms with E-state index in [0.29, 0.717) is 31.5 Å². The molecule has 3 rings (SSSR count). The summed E-state index contributed by atoms with van der Waals surface area (Å²) in [6.45, 7) is 2.45. The van der Waals surface area contributed by atoms with Crippen molar-refractivity contribution in [2.45, 2.75) is 19.8 Å². The normalized spacial score (nSPS) is 13.9. The average molecular weight is 340 g/mol. The molecule has 0 aliphatic carbocycles. The van der Waals surface area contributed by atoms with Gasteiger partial charge in [0.1, 0.15) is 12.3 Å². The Bertz CT molecular complexity index is 591. The lowest BCUT2D eigenvalue weighted by Gasteiger charge is -2.13. The summed E-state index contributed by atoms with van der Waals surface area (Å²) in [6, 6.07) is 3.80. The van der Waals surface area contributed by atoms with E-state index in [-0.39, 0.29) is 0 Å². The lowest BCUT2D eigenvalue weighted by molar-refractivity contribution is 0.0799. The fourth-order valence-electron chi connectivity index (χ4n) is 2.03. The molecule has 0 unspecified atom stereocenters. The summed E-state index contributed by atoms with van der Waals surface area (Å²) in [6.07, 6.45) is 1.67. The van der Waals surface area contributed by atoms with Crippen molar-refractivity contribution < 1.29 is 14.2 Å². The zero-order valence-corrected chi connectivity index (χ0v) is 12.6. The van der Waals surface area contributed by atoms with Crippen molar-refractivity contribution in [3.8, 4) is 11.6 Å². The molecule has 0 amide bonds. The van der Waals surface area contributed by atoms with Crippen LogP contribution < -0.4 is 9.47 Å². The first-order valence-electron chi connectivity index (χ1n) is 6.22. The number of methoxy groups -OCH3 is 1. The lowest BCUT2D eigenvalue weighted by atomic mass is 10.3. The Kier molecular flexibility index (Phi) is 3.88. The molecule has 20 heavy (non-hydrogen) atoms. The van der Waals surface area contributed by atoms with Gasteiger partial charge in [0.25, 0.3) is 5.88 Å².